The molecule has 3 N–H and O–H groups in total. The lowest BCUT2D eigenvalue weighted by atomic mass is 10.3. The van der Waals surface area contributed by atoms with Crippen LogP contribution in [0.15, 0.2) is 4.42 Å². The van der Waals surface area contributed by atoms with Crippen LogP contribution in [0.4, 0.5) is 6.01 Å². The highest BCUT2D eigenvalue weighted by atomic mass is 16.4. The number of anilines is 1. The SMILES string of the molecule is Cc1nnc(NC(=O)C2(N)CC2)o1. The lowest BCUT2D eigenvalue weighted by Gasteiger charge is -2.05. The van der Waals surface area contributed by atoms with E-state index >= 15 is 0 Å². The van der Waals surface area contributed by atoms with Crippen molar-refractivity contribution in [2.75, 3.05) is 5.32 Å². The zero-order chi connectivity index (χ0) is 9.47. The molecular formula is C7H10N4O2. The zero-order valence-electron chi connectivity index (χ0n) is 7.20. The second-order valence-electron chi connectivity index (χ2n) is 3.24. The van der Waals surface area contributed by atoms with Gasteiger partial charge in [-0.1, -0.05) is 5.10 Å². The Morgan fingerprint density at radius 1 is 1.62 bits per heavy atom. The maximum absolute atomic E-state index is 11.3. The molecule has 0 aliphatic heterocycles. The number of nitrogens with zero attached hydrogens (tertiary/aromatic N) is 2. The van der Waals surface area contributed by atoms with Gasteiger partial charge in [-0.15, -0.1) is 5.10 Å². The molecule has 6 heteroatoms. The molecule has 0 bridgehead atoms. The summed E-state index contributed by atoms with van der Waals surface area (Å²) < 4.78 is 4.97. The average molecular weight is 182 g/mol. The van der Waals surface area contributed by atoms with Crippen LogP contribution in [0.25, 0.3) is 0 Å². The van der Waals surface area contributed by atoms with E-state index in [1.165, 1.54) is 0 Å². The molecular weight excluding hydrogens is 172 g/mol. The third-order valence-corrected chi connectivity index (χ3v) is 1.99. The normalized spacial score (nSPS) is 18.3. The van der Waals surface area contributed by atoms with E-state index in [-0.39, 0.29) is 11.9 Å². The average Bonchev–Trinajstić information content (AvgIpc) is 2.69. The Morgan fingerprint density at radius 2 is 2.31 bits per heavy atom. The highest BCUT2D eigenvalue weighted by Gasteiger charge is 2.46. The van der Waals surface area contributed by atoms with Crippen LogP contribution in [-0.4, -0.2) is 21.6 Å². The standard InChI is InChI=1S/C7H10N4O2/c1-4-10-11-6(13-4)9-5(12)7(8)2-3-7/h2-3,8H2,1H3,(H,9,11,12). The fraction of sp³-hybridized carbons (Fsp3) is 0.571. The van der Waals surface area contributed by atoms with Crippen LogP contribution < -0.4 is 11.1 Å². The van der Waals surface area contributed by atoms with Crippen molar-refractivity contribution < 1.29 is 9.21 Å². The summed E-state index contributed by atoms with van der Waals surface area (Å²) in [7, 11) is 0. The van der Waals surface area contributed by atoms with E-state index in [0.29, 0.717) is 18.7 Å². The molecule has 1 aromatic heterocycles. The van der Waals surface area contributed by atoms with Gasteiger partial charge in [0.15, 0.2) is 0 Å². The first-order valence-corrected chi connectivity index (χ1v) is 4.01. The van der Waals surface area contributed by atoms with E-state index < -0.39 is 5.54 Å². The first-order chi connectivity index (χ1) is 6.10. The minimum atomic E-state index is -0.706. The topological polar surface area (TPSA) is 94.0 Å². The monoisotopic (exact) mass is 182 g/mol. The van der Waals surface area contributed by atoms with Gasteiger partial charge in [-0.3, -0.25) is 10.1 Å². The fourth-order valence-electron chi connectivity index (χ4n) is 0.930. The minimum Gasteiger partial charge on any atom is -0.408 e. The minimum absolute atomic E-state index is 0.110. The van der Waals surface area contributed by atoms with Crippen molar-refractivity contribution in [2.24, 2.45) is 5.73 Å². The van der Waals surface area contributed by atoms with Gasteiger partial charge in [0.2, 0.25) is 11.8 Å². The number of nitrogens with one attached hydrogen (secondary N) is 1. The Bertz CT molecular complexity index is 342. The molecule has 1 aliphatic carbocycles. The van der Waals surface area contributed by atoms with Gasteiger partial charge in [0, 0.05) is 6.92 Å². The molecule has 0 spiro atoms. The smallest absolute Gasteiger partial charge is 0.322 e. The van der Waals surface area contributed by atoms with Gasteiger partial charge >= 0.3 is 6.01 Å². The molecule has 1 aliphatic rings. The number of aryl methyl sites for hydroxylation is 1. The Balaban J connectivity index is 2.02. The lowest BCUT2D eigenvalue weighted by molar-refractivity contribution is -0.118. The van der Waals surface area contributed by atoms with Crippen LogP contribution in [0.3, 0.4) is 0 Å². The van der Waals surface area contributed by atoms with Gasteiger partial charge in [0.1, 0.15) is 0 Å². The first-order valence-electron chi connectivity index (χ1n) is 4.01. The zero-order valence-corrected chi connectivity index (χ0v) is 7.20. The number of amides is 1. The molecule has 0 unspecified atom stereocenters. The van der Waals surface area contributed by atoms with Crippen molar-refractivity contribution in [3.05, 3.63) is 5.89 Å². The molecule has 0 saturated heterocycles. The van der Waals surface area contributed by atoms with E-state index in [4.69, 9.17) is 10.2 Å². The van der Waals surface area contributed by atoms with Crippen molar-refractivity contribution in [3.63, 3.8) is 0 Å². The number of carbonyl (C=O) groups excluding carboxylic acids is 1. The first kappa shape index (κ1) is 8.18. The third-order valence-electron chi connectivity index (χ3n) is 1.99. The summed E-state index contributed by atoms with van der Waals surface area (Å²) in [6.45, 7) is 1.65. The molecule has 6 nitrogen and oxygen atoms in total. The number of hydrogen-bond donors (Lipinski definition) is 2. The van der Waals surface area contributed by atoms with Gasteiger partial charge in [0.05, 0.1) is 5.54 Å². The van der Waals surface area contributed by atoms with Crippen LogP contribution in [-0.2, 0) is 4.79 Å². The summed E-state index contributed by atoms with van der Waals surface area (Å²) in [5.41, 5.74) is 4.94. The van der Waals surface area contributed by atoms with Crippen LogP contribution >= 0.6 is 0 Å². The highest BCUT2D eigenvalue weighted by molar-refractivity contribution is 5.98. The highest BCUT2D eigenvalue weighted by Crippen LogP contribution is 2.33. The largest absolute Gasteiger partial charge is 0.408 e. The molecule has 1 amide bonds. The summed E-state index contributed by atoms with van der Waals surface area (Å²) in [6, 6.07) is 0.110. The maximum Gasteiger partial charge on any atom is 0.322 e. The predicted molar refractivity (Wildman–Crippen MR) is 43.8 cm³/mol. The predicted octanol–water partition coefficient (Wildman–Crippen LogP) is -0.192. The number of nitrogens with two attached hydrogens (primary N) is 1. The van der Waals surface area contributed by atoms with E-state index in [1.54, 1.807) is 6.92 Å². The summed E-state index contributed by atoms with van der Waals surface area (Å²) in [5.74, 6) is 0.160. The molecule has 0 atom stereocenters. The summed E-state index contributed by atoms with van der Waals surface area (Å²) in [6.07, 6.45) is 1.43. The molecule has 1 fully saturated rings. The second kappa shape index (κ2) is 2.53. The van der Waals surface area contributed by atoms with Gasteiger partial charge in [-0.25, -0.2) is 0 Å². The second-order valence-corrected chi connectivity index (χ2v) is 3.24. The van der Waals surface area contributed by atoms with Gasteiger partial charge < -0.3 is 10.2 Å². The van der Waals surface area contributed by atoms with E-state index in [1.807, 2.05) is 0 Å². The number of aromatic nitrogens is 2. The molecule has 1 heterocycles. The van der Waals surface area contributed by atoms with Crippen molar-refractivity contribution in [1.29, 1.82) is 0 Å². The third kappa shape index (κ3) is 1.52. The van der Waals surface area contributed by atoms with Gasteiger partial charge in [-0.05, 0) is 12.8 Å². The maximum atomic E-state index is 11.3. The molecule has 0 radical (unpaired) electrons. The summed E-state index contributed by atoms with van der Waals surface area (Å²) in [5, 5.41) is 9.65. The quantitative estimate of drug-likeness (QED) is 0.661. The van der Waals surface area contributed by atoms with Crippen LogP contribution in [0.1, 0.15) is 18.7 Å². The van der Waals surface area contributed by atoms with Crippen LogP contribution in [0, 0.1) is 6.92 Å². The Morgan fingerprint density at radius 3 is 2.77 bits per heavy atom. The molecule has 1 saturated carbocycles. The fourth-order valence-corrected chi connectivity index (χ4v) is 0.930. The molecule has 13 heavy (non-hydrogen) atoms. The molecule has 70 valence electrons. The van der Waals surface area contributed by atoms with Crippen LogP contribution in [0.5, 0.6) is 0 Å². The number of hydrogen-bond acceptors (Lipinski definition) is 5. The molecule has 1 aromatic rings. The molecule has 0 aromatic carbocycles. The van der Waals surface area contributed by atoms with Crippen molar-refractivity contribution in [2.45, 2.75) is 25.3 Å². The number of carbonyl (C=O) groups is 1. The van der Waals surface area contributed by atoms with Crippen LogP contribution in [0.2, 0.25) is 0 Å². The Kier molecular flexibility index (Phi) is 1.59. The Hall–Kier alpha value is -1.43. The van der Waals surface area contributed by atoms with E-state index in [2.05, 4.69) is 15.5 Å². The van der Waals surface area contributed by atoms with Crippen molar-refractivity contribution in [1.82, 2.24) is 10.2 Å². The van der Waals surface area contributed by atoms with Gasteiger partial charge in [0.25, 0.3) is 0 Å². The van der Waals surface area contributed by atoms with Crippen molar-refractivity contribution in [3.8, 4) is 0 Å². The van der Waals surface area contributed by atoms with E-state index in [9.17, 15) is 4.79 Å². The molecule has 2 rings (SSSR count). The van der Waals surface area contributed by atoms with Crippen molar-refractivity contribution >= 4 is 11.9 Å². The lowest BCUT2D eigenvalue weighted by Crippen LogP contribution is -2.37. The van der Waals surface area contributed by atoms with E-state index in [0.717, 1.165) is 0 Å². The van der Waals surface area contributed by atoms with Gasteiger partial charge in [-0.2, -0.15) is 0 Å². The summed E-state index contributed by atoms with van der Waals surface area (Å²) in [4.78, 5) is 11.3. The summed E-state index contributed by atoms with van der Waals surface area (Å²) >= 11 is 0. The Labute approximate surface area is 74.5 Å². The number of rotatable bonds is 2.